The maximum Gasteiger partial charge on any atom is 0.245 e. The third-order valence-electron chi connectivity index (χ3n) is 5.59. The van der Waals surface area contributed by atoms with Crippen molar-refractivity contribution in [3.63, 3.8) is 0 Å². The average molecular weight is 427 g/mol. The van der Waals surface area contributed by atoms with E-state index in [2.05, 4.69) is 33.0 Å². The molecule has 31 heavy (non-hydrogen) atoms. The number of carbonyl (C=O) groups excluding carboxylic acids is 2. The van der Waals surface area contributed by atoms with Crippen LogP contribution in [-0.4, -0.2) is 40.1 Å². The minimum absolute atomic E-state index is 0.0191. The molecule has 1 atom stereocenters. The zero-order chi connectivity index (χ0) is 23.2. The molecule has 6 heteroatoms. The molecule has 2 rings (SSSR count). The van der Waals surface area contributed by atoms with E-state index < -0.39 is 0 Å². The Morgan fingerprint density at radius 2 is 1.87 bits per heavy atom. The van der Waals surface area contributed by atoms with Crippen LogP contribution in [0.25, 0.3) is 5.69 Å². The molecular weight excluding hydrogens is 388 g/mol. The number of nitrogens with zero attached hydrogens (tertiary/aromatic N) is 3. The van der Waals surface area contributed by atoms with E-state index in [-0.39, 0.29) is 29.7 Å². The van der Waals surface area contributed by atoms with Gasteiger partial charge in [-0.1, -0.05) is 65.7 Å². The summed E-state index contributed by atoms with van der Waals surface area (Å²) in [4.78, 5) is 27.1. The van der Waals surface area contributed by atoms with E-state index in [1.165, 1.54) is 4.90 Å². The fourth-order valence-corrected chi connectivity index (χ4v) is 3.56. The molecule has 0 spiro atoms. The van der Waals surface area contributed by atoms with Gasteiger partial charge in [0.2, 0.25) is 11.8 Å². The molecule has 0 aliphatic rings. The molecule has 1 N–H and O–H groups in total. The summed E-state index contributed by atoms with van der Waals surface area (Å²) in [5, 5.41) is 7.76. The molecular formula is C25H38N4O2. The highest BCUT2D eigenvalue weighted by Crippen LogP contribution is 2.27. The molecule has 0 aliphatic carbocycles. The van der Waals surface area contributed by atoms with Crippen LogP contribution in [0.1, 0.15) is 71.6 Å². The molecule has 1 heterocycles. The number of amides is 2. The van der Waals surface area contributed by atoms with E-state index in [0.29, 0.717) is 5.82 Å². The smallest absolute Gasteiger partial charge is 0.245 e. The number of aromatic nitrogens is 2. The van der Waals surface area contributed by atoms with Crippen molar-refractivity contribution in [1.29, 1.82) is 0 Å². The zero-order valence-corrected chi connectivity index (χ0v) is 20.2. The average Bonchev–Trinajstić information content (AvgIpc) is 3.12. The summed E-state index contributed by atoms with van der Waals surface area (Å²) in [5.41, 5.74) is 2.72. The van der Waals surface area contributed by atoms with Gasteiger partial charge in [0.05, 0.1) is 17.9 Å². The minimum Gasteiger partial charge on any atom is -0.336 e. The van der Waals surface area contributed by atoms with Crippen molar-refractivity contribution in [1.82, 2.24) is 14.7 Å². The van der Waals surface area contributed by atoms with Gasteiger partial charge in [-0.05, 0) is 31.4 Å². The molecule has 0 bridgehead atoms. The summed E-state index contributed by atoms with van der Waals surface area (Å²) in [5.74, 6) is 0.399. The van der Waals surface area contributed by atoms with E-state index in [9.17, 15) is 9.59 Å². The number of unbranched alkanes of at least 4 members (excludes halogenated alkanes) is 1. The van der Waals surface area contributed by atoms with Crippen molar-refractivity contribution in [2.45, 2.75) is 72.6 Å². The Morgan fingerprint density at radius 1 is 1.19 bits per heavy atom. The topological polar surface area (TPSA) is 67.2 Å². The quantitative estimate of drug-likeness (QED) is 0.607. The van der Waals surface area contributed by atoms with Gasteiger partial charge < -0.3 is 10.2 Å². The number of hydrogen-bond acceptors (Lipinski definition) is 3. The van der Waals surface area contributed by atoms with E-state index in [4.69, 9.17) is 5.10 Å². The Balaban J connectivity index is 2.21. The molecule has 1 aromatic carbocycles. The van der Waals surface area contributed by atoms with Gasteiger partial charge in [0, 0.05) is 24.4 Å². The van der Waals surface area contributed by atoms with Gasteiger partial charge in [-0.25, -0.2) is 4.68 Å². The lowest BCUT2D eigenvalue weighted by Gasteiger charge is -2.22. The second kappa shape index (κ2) is 10.6. The van der Waals surface area contributed by atoms with Crippen molar-refractivity contribution in [2.75, 3.05) is 18.9 Å². The van der Waals surface area contributed by atoms with Gasteiger partial charge >= 0.3 is 0 Å². The maximum atomic E-state index is 12.8. The van der Waals surface area contributed by atoms with Crippen LogP contribution in [0.3, 0.4) is 0 Å². The normalized spacial score (nSPS) is 12.5. The molecule has 0 saturated carbocycles. The number of nitrogens with one attached hydrogen (secondary N) is 1. The van der Waals surface area contributed by atoms with Crippen LogP contribution in [0.5, 0.6) is 0 Å². The first-order chi connectivity index (χ1) is 14.6. The van der Waals surface area contributed by atoms with Crippen molar-refractivity contribution in [3.8, 4) is 5.69 Å². The van der Waals surface area contributed by atoms with Crippen LogP contribution in [0.4, 0.5) is 5.82 Å². The largest absolute Gasteiger partial charge is 0.336 e. The Morgan fingerprint density at radius 3 is 2.45 bits per heavy atom. The fourth-order valence-electron chi connectivity index (χ4n) is 3.56. The lowest BCUT2D eigenvalue weighted by Crippen LogP contribution is -2.38. The van der Waals surface area contributed by atoms with Crippen LogP contribution in [0, 0.1) is 12.8 Å². The van der Waals surface area contributed by atoms with Crippen LogP contribution in [0.15, 0.2) is 30.3 Å². The number of anilines is 1. The first kappa shape index (κ1) is 24.6. The van der Waals surface area contributed by atoms with Gasteiger partial charge in [-0.15, -0.1) is 0 Å². The fraction of sp³-hybridized carbons (Fsp3) is 0.560. The monoisotopic (exact) mass is 426 g/mol. The Labute approximate surface area is 187 Å². The summed E-state index contributed by atoms with van der Waals surface area (Å²) in [6.45, 7) is 12.5. The highest BCUT2D eigenvalue weighted by atomic mass is 16.2. The van der Waals surface area contributed by atoms with Crippen molar-refractivity contribution >= 4 is 17.6 Å². The first-order valence-corrected chi connectivity index (χ1v) is 11.3. The number of benzene rings is 1. The van der Waals surface area contributed by atoms with Gasteiger partial charge in [-0.2, -0.15) is 5.10 Å². The van der Waals surface area contributed by atoms with Crippen LogP contribution >= 0.6 is 0 Å². The first-order valence-electron chi connectivity index (χ1n) is 11.3. The van der Waals surface area contributed by atoms with Crippen LogP contribution in [-0.2, 0) is 15.0 Å². The molecule has 170 valence electrons. The van der Waals surface area contributed by atoms with Gasteiger partial charge in [0.25, 0.3) is 0 Å². The summed E-state index contributed by atoms with van der Waals surface area (Å²) in [6, 6.07) is 9.86. The third-order valence-corrected chi connectivity index (χ3v) is 5.59. The van der Waals surface area contributed by atoms with Crippen LogP contribution < -0.4 is 5.32 Å². The van der Waals surface area contributed by atoms with Crippen molar-refractivity contribution in [3.05, 3.63) is 41.6 Å². The molecule has 6 nitrogen and oxygen atoms in total. The molecule has 2 amide bonds. The zero-order valence-electron chi connectivity index (χ0n) is 20.2. The number of carbonyl (C=O) groups is 2. The standard InChI is InChI=1S/C25H38N4O2/c1-8-10-14-19(9-2)24(31)28(7)17-23(30)26-22-16-21(25(4,5)6)27-29(22)20-15-12-11-13-18(20)3/h11-13,15-16,19H,8-10,14,17H2,1-7H3,(H,26,30)/t19-/m1/s1. The Kier molecular flexibility index (Phi) is 8.43. The number of aryl methyl sites for hydroxylation is 1. The van der Waals surface area contributed by atoms with Crippen molar-refractivity contribution < 1.29 is 9.59 Å². The highest BCUT2D eigenvalue weighted by Gasteiger charge is 2.24. The maximum absolute atomic E-state index is 12.8. The highest BCUT2D eigenvalue weighted by molar-refractivity contribution is 5.94. The predicted octanol–water partition coefficient (Wildman–Crippen LogP) is 5.09. The number of hydrogen-bond donors (Lipinski definition) is 1. The SMILES string of the molecule is CCCC[C@@H](CC)C(=O)N(C)CC(=O)Nc1cc(C(C)(C)C)nn1-c1ccccc1C. The number of rotatable bonds is 9. The summed E-state index contributed by atoms with van der Waals surface area (Å²) in [6.07, 6.45) is 3.75. The second-order valence-electron chi connectivity index (χ2n) is 9.35. The lowest BCUT2D eigenvalue weighted by atomic mass is 9.92. The minimum atomic E-state index is -0.226. The molecule has 2 aromatic rings. The van der Waals surface area contributed by atoms with Gasteiger partial charge in [-0.3, -0.25) is 9.59 Å². The summed E-state index contributed by atoms with van der Waals surface area (Å²) in [7, 11) is 1.70. The molecule has 0 radical (unpaired) electrons. The van der Waals surface area contributed by atoms with Crippen LogP contribution in [0.2, 0.25) is 0 Å². The molecule has 1 aromatic heterocycles. The van der Waals surface area contributed by atoms with Crippen molar-refractivity contribution in [2.24, 2.45) is 5.92 Å². The molecule has 0 unspecified atom stereocenters. The van der Waals surface area contributed by atoms with E-state index >= 15 is 0 Å². The van der Waals surface area contributed by atoms with Gasteiger partial charge in [0.1, 0.15) is 5.82 Å². The lowest BCUT2D eigenvalue weighted by molar-refractivity contribution is -0.137. The molecule has 0 fully saturated rings. The Hall–Kier alpha value is -2.63. The van der Waals surface area contributed by atoms with E-state index in [0.717, 1.165) is 42.6 Å². The summed E-state index contributed by atoms with van der Waals surface area (Å²) < 4.78 is 1.78. The second-order valence-corrected chi connectivity index (χ2v) is 9.35. The number of para-hydroxylation sites is 1. The number of likely N-dealkylation sites (N-methyl/N-ethyl adjacent to an activating group) is 1. The summed E-state index contributed by atoms with van der Waals surface area (Å²) >= 11 is 0. The van der Waals surface area contributed by atoms with E-state index in [1.54, 1.807) is 11.7 Å². The van der Waals surface area contributed by atoms with Gasteiger partial charge in [0.15, 0.2) is 0 Å². The van der Waals surface area contributed by atoms with E-state index in [1.807, 2.05) is 44.2 Å². The molecule has 0 aliphatic heterocycles. The Bertz CT molecular complexity index is 895. The predicted molar refractivity (Wildman–Crippen MR) is 127 cm³/mol. The molecule has 0 saturated heterocycles. The third kappa shape index (κ3) is 6.42.